The molecule has 0 bridgehead atoms. The van der Waals surface area contributed by atoms with E-state index >= 15 is 0 Å². The Morgan fingerprint density at radius 3 is 2.66 bits per heavy atom. The summed E-state index contributed by atoms with van der Waals surface area (Å²) in [5, 5.41) is 3.94. The largest absolute Gasteiger partial charge is 0.433 e. The van der Waals surface area contributed by atoms with Gasteiger partial charge in [-0.15, -0.1) is 0 Å². The molecule has 3 heterocycles. The summed E-state index contributed by atoms with van der Waals surface area (Å²) >= 11 is 6.48. The monoisotopic (exact) mass is 462 g/mol. The van der Waals surface area contributed by atoms with E-state index in [4.69, 9.17) is 11.6 Å². The molecule has 9 heteroatoms. The lowest BCUT2D eigenvalue weighted by Gasteiger charge is -2.36. The molecule has 2 atom stereocenters. The Morgan fingerprint density at radius 1 is 1.19 bits per heavy atom. The van der Waals surface area contributed by atoms with Crippen LogP contribution in [0.3, 0.4) is 0 Å². The molecule has 5 nitrogen and oxygen atoms in total. The van der Waals surface area contributed by atoms with E-state index in [0.29, 0.717) is 24.4 Å². The summed E-state index contributed by atoms with van der Waals surface area (Å²) in [4.78, 5) is 19.4. The molecule has 1 saturated heterocycles. The highest BCUT2D eigenvalue weighted by molar-refractivity contribution is 6.36. The van der Waals surface area contributed by atoms with Crippen LogP contribution in [0, 0.1) is 5.92 Å². The topological polar surface area (TPSA) is 50.5 Å². The zero-order valence-electron chi connectivity index (χ0n) is 17.7. The van der Waals surface area contributed by atoms with Gasteiger partial charge in [0.1, 0.15) is 5.02 Å². The molecule has 3 aromatic rings. The summed E-state index contributed by atoms with van der Waals surface area (Å²) in [6.07, 6.45) is -2.36. The van der Waals surface area contributed by atoms with Crippen LogP contribution >= 0.6 is 11.6 Å². The number of carbonyl (C=O) groups excluding carboxylic acids is 1. The third-order valence-electron chi connectivity index (χ3n) is 6.59. The van der Waals surface area contributed by atoms with Gasteiger partial charge < -0.3 is 4.90 Å². The number of likely N-dealkylation sites (tertiary alicyclic amines) is 1. The number of rotatable bonds is 1. The molecule has 1 amide bonds. The second-order valence-corrected chi connectivity index (χ2v) is 9.20. The molecule has 0 N–H and O–H groups in total. The first-order chi connectivity index (χ1) is 15.2. The Balaban J connectivity index is 1.72. The lowest BCUT2D eigenvalue weighted by atomic mass is 9.88. The molecule has 0 spiro atoms. The van der Waals surface area contributed by atoms with Crippen molar-refractivity contribution in [3.05, 3.63) is 51.8 Å². The van der Waals surface area contributed by atoms with Gasteiger partial charge in [0.05, 0.1) is 5.69 Å². The Labute approximate surface area is 188 Å². The predicted octanol–water partition coefficient (Wildman–Crippen LogP) is 5.43. The summed E-state index contributed by atoms with van der Waals surface area (Å²) in [7, 11) is 0. The number of aromatic nitrogens is 3. The van der Waals surface area contributed by atoms with E-state index in [1.54, 1.807) is 17.0 Å². The molecule has 0 unspecified atom stereocenters. The van der Waals surface area contributed by atoms with Crippen molar-refractivity contribution in [1.82, 2.24) is 19.5 Å². The number of halogens is 4. The molecule has 1 aromatic carbocycles. The fourth-order valence-electron chi connectivity index (χ4n) is 5.02. The third kappa shape index (κ3) is 3.27. The lowest BCUT2D eigenvalue weighted by Crippen LogP contribution is -2.44. The fraction of sp³-hybridized carbons (Fsp3) is 0.435. The third-order valence-corrected chi connectivity index (χ3v) is 6.94. The van der Waals surface area contributed by atoms with Gasteiger partial charge in [0.2, 0.25) is 0 Å². The Morgan fingerprint density at radius 2 is 1.94 bits per heavy atom. The summed E-state index contributed by atoms with van der Waals surface area (Å²) in [5.74, 6) is 0.0299. The molecule has 32 heavy (non-hydrogen) atoms. The number of amides is 1. The van der Waals surface area contributed by atoms with Gasteiger partial charge in [-0.25, -0.2) is 9.50 Å². The van der Waals surface area contributed by atoms with Crippen LogP contribution < -0.4 is 0 Å². The number of alkyl halides is 3. The van der Waals surface area contributed by atoms with Crippen molar-refractivity contribution >= 4 is 23.2 Å². The molecule has 2 aliphatic rings. The highest BCUT2D eigenvalue weighted by Crippen LogP contribution is 2.42. The highest BCUT2D eigenvalue weighted by Gasteiger charge is 2.41. The number of hydrogen-bond donors (Lipinski definition) is 0. The van der Waals surface area contributed by atoms with Crippen LogP contribution in [0.1, 0.15) is 54.0 Å². The van der Waals surface area contributed by atoms with Crippen molar-refractivity contribution < 1.29 is 18.0 Å². The SMILES string of the molecule is C[C@H]1CCN(C(=O)c2nn3c(C(F)(F)F)c4c(nc3c2Cl)-c2ccccc2CC4)[C@H](C)C1. The number of aryl methyl sites for hydroxylation is 1. The van der Waals surface area contributed by atoms with E-state index in [1.807, 2.05) is 19.1 Å². The van der Waals surface area contributed by atoms with Gasteiger partial charge in [0, 0.05) is 23.7 Å². The molecule has 1 aliphatic heterocycles. The first kappa shape index (κ1) is 21.2. The lowest BCUT2D eigenvalue weighted by molar-refractivity contribution is -0.143. The van der Waals surface area contributed by atoms with Gasteiger partial charge in [-0.1, -0.05) is 42.8 Å². The number of carbonyl (C=O) groups is 1. The Hall–Kier alpha value is -2.61. The smallest absolute Gasteiger partial charge is 0.334 e. The minimum absolute atomic E-state index is 0.0396. The van der Waals surface area contributed by atoms with Crippen molar-refractivity contribution in [2.24, 2.45) is 5.92 Å². The molecular weight excluding hydrogens is 441 g/mol. The first-order valence-corrected chi connectivity index (χ1v) is 11.1. The van der Waals surface area contributed by atoms with E-state index in [9.17, 15) is 18.0 Å². The van der Waals surface area contributed by atoms with Gasteiger partial charge >= 0.3 is 6.18 Å². The predicted molar refractivity (Wildman–Crippen MR) is 115 cm³/mol. The zero-order chi connectivity index (χ0) is 22.8. The van der Waals surface area contributed by atoms with Crippen LogP contribution in [-0.4, -0.2) is 38.0 Å². The molecule has 2 aromatic heterocycles. The van der Waals surface area contributed by atoms with Crippen molar-refractivity contribution in [2.45, 2.75) is 51.7 Å². The molecule has 168 valence electrons. The Bertz CT molecular complexity index is 1240. The van der Waals surface area contributed by atoms with E-state index in [1.165, 1.54) is 0 Å². The van der Waals surface area contributed by atoms with Gasteiger partial charge in [-0.3, -0.25) is 4.79 Å². The number of piperidine rings is 1. The number of hydrogen-bond acceptors (Lipinski definition) is 3. The Kier molecular flexibility index (Phi) is 4.96. The molecule has 1 fully saturated rings. The summed E-state index contributed by atoms with van der Waals surface area (Å²) in [6, 6.07) is 7.25. The van der Waals surface area contributed by atoms with E-state index < -0.39 is 17.8 Å². The van der Waals surface area contributed by atoms with E-state index in [2.05, 4.69) is 17.0 Å². The van der Waals surface area contributed by atoms with Gasteiger partial charge in [-0.05, 0) is 44.1 Å². The standard InChI is InChI=1S/C23H22ClF3N4O/c1-12-9-10-30(13(2)11-12)22(32)19-17(24)21-28-18-15-6-4-3-5-14(15)7-8-16(18)20(23(25,26)27)31(21)29-19/h3-6,12-13H,7-11H2,1-2H3/t12-,13+/m0/s1. The summed E-state index contributed by atoms with van der Waals surface area (Å²) < 4.78 is 43.5. The van der Waals surface area contributed by atoms with Crippen LogP contribution in [0.2, 0.25) is 5.02 Å². The minimum atomic E-state index is -4.68. The average molecular weight is 463 g/mol. The first-order valence-electron chi connectivity index (χ1n) is 10.7. The van der Waals surface area contributed by atoms with E-state index in [0.717, 1.165) is 22.9 Å². The second kappa shape index (κ2) is 7.47. The fourth-order valence-corrected chi connectivity index (χ4v) is 5.26. The van der Waals surface area contributed by atoms with Gasteiger partial charge in [-0.2, -0.15) is 18.3 Å². The molecule has 1 aliphatic carbocycles. The molecule has 5 rings (SSSR count). The van der Waals surface area contributed by atoms with Crippen molar-refractivity contribution in [2.75, 3.05) is 6.54 Å². The number of benzene rings is 1. The number of fused-ring (bicyclic) bond motifs is 4. The summed E-state index contributed by atoms with van der Waals surface area (Å²) in [6.45, 7) is 4.58. The molecular formula is C23H22ClF3N4O. The van der Waals surface area contributed by atoms with E-state index in [-0.39, 0.29) is 40.1 Å². The average Bonchev–Trinajstić information content (AvgIpc) is 3.06. The number of nitrogens with zero attached hydrogens (tertiary/aromatic N) is 4. The summed E-state index contributed by atoms with van der Waals surface area (Å²) in [5.41, 5.74) is 0.708. The quantitative estimate of drug-likeness (QED) is 0.484. The maximum Gasteiger partial charge on any atom is 0.433 e. The van der Waals surface area contributed by atoms with Gasteiger partial charge in [0.25, 0.3) is 5.91 Å². The maximum atomic E-state index is 14.3. The second-order valence-electron chi connectivity index (χ2n) is 8.82. The van der Waals surface area contributed by atoms with Crippen LogP contribution in [0.4, 0.5) is 13.2 Å². The van der Waals surface area contributed by atoms with Crippen molar-refractivity contribution in [3.63, 3.8) is 0 Å². The van der Waals surface area contributed by atoms with Crippen molar-refractivity contribution in [3.8, 4) is 11.3 Å². The highest BCUT2D eigenvalue weighted by atomic mass is 35.5. The zero-order valence-corrected chi connectivity index (χ0v) is 18.5. The van der Waals surface area contributed by atoms with Crippen molar-refractivity contribution in [1.29, 1.82) is 0 Å². The molecule has 0 radical (unpaired) electrons. The minimum Gasteiger partial charge on any atom is -0.334 e. The normalized spacial score (nSPS) is 20.9. The van der Waals surface area contributed by atoms with Crippen LogP contribution in [0.5, 0.6) is 0 Å². The van der Waals surface area contributed by atoms with Crippen LogP contribution in [0.15, 0.2) is 24.3 Å². The van der Waals surface area contributed by atoms with Crippen LogP contribution in [-0.2, 0) is 19.0 Å². The molecule has 0 saturated carbocycles. The van der Waals surface area contributed by atoms with Crippen LogP contribution in [0.25, 0.3) is 16.9 Å². The maximum absolute atomic E-state index is 14.3. The van der Waals surface area contributed by atoms with Gasteiger partial charge in [0.15, 0.2) is 17.0 Å².